The summed E-state index contributed by atoms with van der Waals surface area (Å²) in [6.07, 6.45) is 9.25. The highest BCUT2D eigenvalue weighted by molar-refractivity contribution is 5.77. The molecule has 104 valence electrons. The number of ether oxygens (including phenoxy) is 1. The standard InChI is InChI=1S/C14H26N2O2/c15-12-7-3-1-4-8-13(12)18-11-14(17)16-9-5-2-6-10-16/h12-13H,1-11,15H2. The highest BCUT2D eigenvalue weighted by Crippen LogP contribution is 2.19. The summed E-state index contributed by atoms with van der Waals surface area (Å²) in [5.74, 6) is 0.145. The van der Waals surface area contributed by atoms with Gasteiger partial charge in [0.25, 0.3) is 0 Å². The molecule has 1 saturated heterocycles. The molecule has 4 heteroatoms. The van der Waals surface area contributed by atoms with E-state index in [0.29, 0.717) is 0 Å². The maximum atomic E-state index is 12.0. The molecule has 1 saturated carbocycles. The van der Waals surface area contributed by atoms with Crippen LogP contribution in [0.25, 0.3) is 0 Å². The summed E-state index contributed by atoms with van der Waals surface area (Å²) >= 11 is 0. The Morgan fingerprint density at radius 3 is 2.50 bits per heavy atom. The van der Waals surface area contributed by atoms with E-state index in [0.717, 1.165) is 38.8 Å². The van der Waals surface area contributed by atoms with Crippen LogP contribution in [0.2, 0.25) is 0 Å². The molecule has 2 aliphatic rings. The molecule has 0 aromatic carbocycles. The number of hydrogen-bond donors (Lipinski definition) is 1. The van der Waals surface area contributed by atoms with Crippen molar-refractivity contribution < 1.29 is 9.53 Å². The maximum Gasteiger partial charge on any atom is 0.248 e. The molecule has 2 atom stereocenters. The van der Waals surface area contributed by atoms with Crippen molar-refractivity contribution in [2.24, 2.45) is 5.73 Å². The molecule has 1 aliphatic heterocycles. The Labute approximate surface area is 110 Å². The number of likely N-dealkylation sites (tertiary alicyclic amines) is 1. The largest absolute Gasteiger partial charge is 0.367 e. The molecule has 1 heterocycles. The normalized spacial score (nSPS) is 29.9. The van der Waals surface area contributed by atoms with Crippen LogP contribution in [0.15, 0.2) is 0 Å². The first kappa shape index (κ1) is 13.8. The Morgan fingerprint density at radius 2 is 1.72 bits per heavy atom. The second-order valence-corrected chi connectivity index (χ2v) is 5.59. The van der Waals surface area contributed by atoms with Crippen molar-refractivity contribution in [3.63, 3.8) is 0 Å². The van der Waals surface area contributed by atoms with Crippen molar-refractivity contribution in [2.45, 2.75) is 63.5 Å². The smallest absolute Gasteiger partial charge is 0.248 e. The Hall–Kier alpha value is -0.610. The first-order valence-corrected chi connectivity index (χ1v) is 7.42. The molecule has 2 unspecified atom stereocenters. The lowest BCUT2D eigenvalue weighted by atomic mass is 10.1. The summed E-state index contributed by atoms with van der Waals surface area (Å²) < 4.78 is 5.77. The number of hydrogen-bond acceptors (Lipinski definition) is 3. The fraction of sp³-hybridized carbons (Fsp3) is 0.929. The number of nitrogens with zero attached hydrogens (tertiary/aromatic N) is 1. The second-order valence-electron chi connectivity index (χ2n) is 5.59. The monoisotopic (exact) mass is 254 g/mol. The van der Waals surface area contributed by atoms with Gasteiger partial charge in [0.05, 0.1) is 6.10 Å². The van der Waals surface area contributed by atoms with Gasteiger partial charge in [-0.1, -0.05) is 19.3 Å². The van der Waals surface area contributed by atoms with E-state index in [1.54, 1.807) is 0 Å². The van der Waals surface area contributed by atoms with E-state index in [1.165, 1.54) is 25.7 Å². The van der Waals surface area contributed by atoms with E-state index in [9.17, 15) is 4.79 Å². The summed E-state index contributed by atoms with van der Waals surface area (Å²) in [6, 6.07) is 0.113. The van der Waals surface area contributed by atoms with Gasteiger partial charge < -0.3 is 15.4 Å². The van der Waals surface area contributed by atoms with Gasteiger partial charge in [0, 0.05) is 19.1 Å². The number of amides is 1. The molecular weight excluding hydrogens is 228 g/mol. The van der Waals surface area contributed by atoms with Crippen LogP contribution < -0.4 is 5.73 Å². The van der Waals surface area contributed by atoms with Gasteiger partial charge in [-0.3, -0.25) is 4.79 Å². The molecule has 2 rings (SSSR count). The second kappa shape index (κ2) is 7.10. The summed E-state index contributed by atoms with van der Waals surface area (Å²) in [6.45, 7) is 2.02. The average molecular weight is 254 g/mol. The zero-order valence-electron chi connectivity index (χ0n) is 11.3. The van der Waals surface area contributed by atoms with Gasteiger partial charge in [0.1, 0.15) is 6.61 Å². The molecule has 0 spiro atoms. The fourth-order valence-electron chi connectivity index (χ4n) is 2.92. The topological polar surface area (TPSA) is 55.6 Å². The molecule has 0 bridgehead atoms. The van der Waals surface area contributed by atoms with Crippen molar-refractivity contribution in [3.05, 3.63) is 0 Å². The average Bonchev–Trinajstić information content (AvgIpc) is 2.62. The molecule has 18 heavy (non-hydrogen) atoms. The minimum Gasteiger partial charge on any atom is -0.367 e. The number of nitrogens with two attached hydrogens (primary N) is 1. The first-order valence-electron chi connectivity index (χ1n) is 7.42. The van der Waals surface area contributed by atoms with Crippen LogP contribution >= 0.6 is 0 Å². The molecule has 0 aromatic rings. The minimum atomic E-state index is 0.0845. The molecular formula is C14H26N2O2. The van der Waals surface area contributed by atoms with Crippen LogP contribution in [-0.4, -0.2) is 42.6 Å². The van der Waals surface area contributed by atoms with Gasteiger partial charge in [0.15, 0.2) is 0 Å². The highest BCUT2D eigenvalue weighted by Gasteiger charge is 2.23. The van der Waals surface area contributed by atoms with Gasteiger partial charge in [-0.2, -0.15) is 0 Å². The lowest BCUT2D eigenvalue weighted by Gasteiger charge is -2.28. The zero-order chi connectivity index (χ0) is 12.8. The van der Waals surface area contributed by atoms with E-state index in [-0.39, 0.29) is 24.7 Å². The van der Waals surface area contributed by atoms with E-state index < -0.39 is 0 Å². The Bertz CT molecular complexity index is 265. The predicted octanol–water partition coefficient (Wildman–Crippen LogP) is 1.68. The summed E-state index contributed by atoms with van der Waals surface area (Å²) in [4.78, 5) is 13.9. The van der Waals surface area contributed by atoms with Gasteiger partial charge in [-0.25, -0.2) is 0 Å². The third-order valence-electron chi connectivity index (χ3n) is 4.13. The minimum absolute atomic E-state index is 0.0845. The van der Waals surface area contributed by atoms with Crippen molar-refractivity contribution in [3.8, 4) is 0 Å². The Balaban J connectivity index is 1.73. The molecule has 1 aliphatic carbocycles. The van der Waals surface area contributed by atoms with E-state index in [1.807, 2.05) is 4.90 Å². The fourth-order valence-corrected chi connectivity index (χ4v) is 2.92. The number of rotatable bonds is 3. The maximum absolute atomic E-state index is 12.0. The van der Waals surface area contributed by atoms with Crippen LogP contribution in [0.1, 0.15) is 51.4 Å². The van der Waals surface area contributed by atoms with Crippen molar-refractivity contribution in [1.29, 1.82) is 0 Å². The molecule has 1 amide bonds. The van der Waals surface area contributed by atoms with Crippen LogP contribution in [-0.2, 0) is 9.53 Å². The predicted molar refractivity (Wildman–Crippen MR) is 71.2 cm³/mol. The van der Waals surface area contributed by atoms with Crippen LogP contribution in [0, 0.1) is 0 Å². The lowest BCUT2D eigenvalue weighted by Crippen LogP contribution is -2.41. The van der Waals surface area contributed by atoms with Crippen molar-refractivity contribution in [2.75, 3.05) is 19.7 Å². The molecule has 2 fully saturated rings. The van der Waals surface area contributed by atoms with Gasteiger partial charge in [-0.15, -0.1) is 0 Å². The quantitative estimate of drug-likeness (QED) is 0.780. The van der Waals surface area contributed by atoms with Crippen molar-refractivity contribution >= 4 is 5.91 Å². The number of carbonyl (C=O) groups is 1. The summed E-state index contributed by atoms with van der Waals surface area (Å²) in [7, 11) is 0. The number of carbonyl (C=O) groups excluding carboxylic acids is 1. The SMILES string of the molecule is NC1CCCCCC1OCC(=O)N1CCCCC1. The van der Waals surface area contributed by atoms with Gasteiger partial charge >= 0.3 is 0 Å². The lowest BCUT2D eigenvalue weighted by molar-refractivity contribution is -0.139. The van der Waals surface area contributed by atoms with Crippen LogP contribution in [0.4, 0.5) is 0 Å². The third kappa shape index (κ3) is 3.95. The van der Waals surface area contributed by atoms with Gasteiger partial charge in [0.2, 0.25) is 5.91 Å². The molecule has 0 aromatic heterocycles. The molecule has 0 radical (unpaired) electrons. The first-order chi connectivity index (χ1) is 8.77. The van der Waals surface area contributed by atoms with Crippen LogP contribution in [0.3, 0.4) is 0 Å². The Morgan fingerprint density at radius 1 is 1.06 bits per heavy atom. The summed E-state index contributed by atoms with van der Waals surface area (Å²) in [5, 5.41) is 0. The molecule has 4 nitrogen and oxygen atoms in total. The van der Waals surface area contributed by atoms with E-state index in [2.05, 4.69) is 0 Å². The Kier molecular flexibility index (Phi) is 5.45. The van der Waals surface area contributed by atoms with Gasteiger partial charge in [-0.05, 0) is 32.1 Å². The van der Waals surface area contributed by atoms with E-state index >= 15 is 0 Å². The van der Waals surface area contributed by atoms with E-state index in [4.69, 9.17) is 10.5 Å². The summed E-state index contributed by atoms with van der Waals surface area (Å²) in [5.41, 5.74) is 6.09. The highest BCUT2D eigenvalue weighted by atomic mass is 16.5. The van der Waals surface area contributed by atoms with Crippen LogP contribution in [0.5, 0.6) is 0 Å². The molecule has 2 N–H and O–H groups in total. The van der Waals surface area contributed by atoms with Crippen molar-refractivity contribution in [1.82, 2.24) is 4.90 Å². The number of piperidine rings is 1. The third-order valence-corrected chi connectivity index (χ3v) is 4.13. The zero-order valence-corrected chi connectivity index (χ0v) is 11.3.